The lowest BCUT2D eigenvalue weighted by Crippen LogP contribution is -2.31. The number of hydrogen-bond donors (Lipinski definition) is 1. The maximum Gasteiger partial charge on any atom is 0.247 e. The summed E-state index contributed by atoms with van der Waals surface area (Å²) in [4.78, 5) is 11.9. The molecule has 0 bridgehead atoms. The average molecular weight is 317 g/mol. The van der Waals surface area contributed by atoms with Crippen molar-refractivity contribution in [1.82, 2.24) is 15.5 Å². The van der Waals surface area contributed by atoms with E-state index < -0.39 is 0 Å². The van der Waals surface area contributed by atoms with E-state index in [1.165, 1.54) is 0 Å². The smallest absolute Gasteiger partial charge is 0.247 e. The molecule has 0 aliphatic rings. The summed E-state index contributed by atoms with van der Waals surface area (Å²) in [5.41, 5.74) is 0.809. The Bertz CT molecular complexity index is 636. The van der Waals surface area contributed by atoms with Crippen molar-refractivity contribution >= 4 is 5.91 Å². The predicted octanol–water partition coefficient (Wildman–Crippen LogP) is 2.84. The molecule has 0 aliphatic heterocycles. The summed E-state index contributed by atoms with van der Waals surface area (Å²) in [7, 11) is 1.61. The van der Waals surface area contributed by atoms with E-state index in [9.17, 15) is 4.79 Å². The molecule has 1 N–H and O–H groups in total. The lowest BCUT2D eigenvalue weighted by molar-refractivity contribution is -0.125. The van der Waals surface area contributed by atoms with Crippen molar-refractivity contribution in [2.75, 3.05) is 13.7 Å². The number of nitrogens with zero attached hydrogens (tertiary/aromatic N) is 2. The van der Waals surface area contributed by atoms with E-state index in [2.05, 4.69) is 15.5 Å². The standard InChI is InChI=1S/C17H23N3O3/c1-4-12(5-2)16(21)18-10-9-15-19-20-17(23-15)13-7-6-8-14(11-13)22-3/h6-8,11-12H,4-5,9-10H2,1-3H3,(H,18,21). The Kier molecular flexibility index (Phi) is 6.14. The second kappa shape index (κ2) is 8.31. The first-order valence-corrected chi connectivity index (χ1v) is 7.92. The van der Waals surface area contributed by atoms with Gasteiger partial charge in [-0.2, -0.15) is 0 Å². The van der Waals surface area contributed by atoms with Crippen LogP contribution in [0.25, 0.3) is 11.5 Å². The second-order valence-electron chi connectivity index (χ2n) is 5.29. The zero-order valence-electron chi connectivity index (χ0n) is 13.8. The summed E-state index contributed by atoms with van der Waals surface area (Å²) in [6.07, 6.45) is 2.22. The molecule has 0 fully saturated rings. The highest BCUT2D eigenvalue weighted by Gasteiger charge is 2.14. The Morgan fingerprint density at radius 2 is 2.09 bits per heavy atom. The number of rotatable bonds is 8. The van der Waals surface area contributed by atoms with Crippen LogP contribution in [0, 0.1) is 5.92 Å². The minimum Gasteiger partial charge on any atom is -0.497 e. The summed E-state index contributed by atoms with van der Waals surface area (Å²) in [6, 6.07) is 7.45. The molecule has 124 valence electrons. The Balaban J connectivity index is 1.91. The summed E-state index contributed by atoms with van der Waals surface area (Å²) < 4.78 is 10.8. The quantitative estimate of drug-likeness (QED) is 0.810. The molecule has 2 aromatic rings. The third-order valence-electron chi connectivity index (χ3n) is 3.78. The average Bonchev–Trinajstić information content (AvgIpc) is 3.05. The molecule has 0 radical (unpaired) electrons. The van der Waals surface area contributed by atoms with Crippen molar-refractivity contribution in [3.63, 3.8) is 0 Å². The molecule has 2 rings (SSSR count). The van der Waals surface area contributed by atoms with Gasteiger partial charge in [-0.05, 0) is 31.0 Å². The number of carbonyl (C=O) groups is 1. The fourth-order valence-corrected chi connectivity index (χ4v) is 2.32. The number of aromatic nitrogens is 2. The van der Waals surface area contributed by atoms with Crippen molar-refractivity contribution < 1.29 is 13.9 Å². The molecule has 1 heterocycles. The van der Waals surface area contributed by atoms with Crippen LogP contribution in [0.4, 0.5) is 0 Å². The zero-order valence-corrected chi connectivity index (χ0v) is 13.8. The first kappa shape index (κ1) is 17.0. The van der Waals surface area contributed by atoms with Gasteiger partial charge in [-0.3, -0.25) is 4.79 Å². The summed E-state index contributed by atoms with van der Waals surface area (Å²) in [6.45, 7) is 4.54. The Hall–Kier alpha value is -2.37. The molecule has 23 heavy (non-hydrogen) atoms. The van der Waals surface area contributed by atoms with Gasteiger partial charge >= 0.3 is 0 Å². The van der Waals surface area contributed by atoms with Crippen molar-refractivity contribution in [1.29, 1.82) is 0 Å². The predicted molar refractivity (Wildman–Crippen MR) is 87.1 cm³/mol. The SMILES string of the molecule is CCC(CC)C(=O)NCCc1nnc(-c2cccc(OC)c2)o1. The van der Waals surface area contributed by atoms with Crippen LogP contribution in [0.15, 0.2) is 28.7 Å². The number of ether oxygens (including phenoxy) is 1. The summed E-state index contributed by atoms with van der Waals surface area (Å²) in [5, 5.41) is 11.0. The Morgan fingerprint density at radius 1 is 1.30 bits per heavy atom. The van der Waals surface area contributed by atoms with Crippen LogP contribution in [0.1, 0.15) is 32.6 Å². The highest BCUT2D eigenvalue weighted by Crippen LogP contribution is 2.22. The monoisotopic (exact) mass is 317 g/mol. The van der Waals surface area contributed by atoms with Crippen LogP contribution in [0.5, 0.6) is 5.75 Å². The van der Waals surface area contributed by atoms with Gasteiger partial charge in [0.2, 0.25) is 17.7 Å². The third-order valence-corrected chi connectivity index (χ3v) is 3.78. The normalized spacial score (nSPS) is 10.8. The fraction of sp³-hybridized carbons (Fsp3) is 0.471. The molecule has 0 saturated heterocycles. The molecular formula is C17H23N3O3. The molecule has 0 unspecified atom stereocenters. The summed E-state index contributed by atoms with van der Waals surface area (Å²) in [5.74, 6) is 1.85. The van der Waals surface area contributed by atoms with Crippen molar-refractivity contribution in [3.8, 4) is 17.2 Å². The number of hydrogen-bond acceptors (Lipinski definition) is 5. The number of carbonyl (C=O) groups excluding carboxylic acids is 1. The minimum atomic E-state index is 0.0741. The van der Waals surface area contributed by atoms with Crippen LogP contribution >= 0.6 is 0 Å². The van der Waals surface area contributed by atoms with Gasteiger partial charge in [0.1, 0.15) is 5.75 Å². The Labute approximate surface area is 136 Å². The molecule has 1 aromatic carbocycles. The van der Waals surface area contributed by atoms with Crippen molar-refractivity contribution in [2.24, 2.45) is 5.92 Å². The maximum absolute atomic E-state index is 11.9. The molecule has 0 atom stereocenters. The molecular weight excluding hydrogens is 294 g/mol. The number of methoxy groups -OCH3 is 1. The zero-order chi connectivity index (χ0) is 16.7. The largest absolute Gasteiger partial charge is 0.497 e. The lowest BCUT2D eigenvalue weighted by atomic mass is 10.0. The van der Waals surface area contributed by atoms with E-state index in [0.29, 0.717) is 24.7 Å². The van der Waals surface area contributed by atoms with E-state index in [1.807, 2.05) is 38.1 Å². The van der Waals surface area contributed by atoms with Crippen LogP contribution in [-0.4, -0.2) is 29.8 Å². The third kappa shape index (κ3) is 4.55. The first-order valence-electron chi connectivity index (χ1n) is 7.92. The molecule has 1 amide bonds. The number of nitrogens with one attached hydrogen (secondary N) is 1. The number of amides is 1. The lowest BCUT2D eigenvalue weighted by Gasteiger charge is -2.11. The molecule has 0 saturated carbocycles. The van der Waals surface area contributed by atoms with Crippen LogP contribution in [0.3, 0.4) is 0 Å². The van der Waals surface area contributed by atoms with Crippen LogP contribution in [-0.2, 0) is 11.2 Å². The highest BCUT2D eigenvalue weighted by molar-refractivity contribution is 5.78. The van der Waals surface area contributed by atoms with E-state index >= 15 is 0 Å². The van der Waals surface area contributed by atoms with E-state index in [-0.39, 0.29) is 11.8 Å². The minimum absolute atomic E-state index is 0.0741. The van der Waals surface area contributed by atoms with E-state index in [1.54, 1.807) is 7.11 Å². The van der Waals surface area contributed by atoms with Crippen LogP contribution < -0.4 is 10.1 Å². The fourth-order valence-electron chi connectivity index (χ4n) is 2.32. The maximum atomic E-state index is 11.9. The number of benzene rings is 1. The van der Waals surface area contributed by atoms with Crippen molar-refractivity contribution in [3.05, 3.63) is 30.2 Å². The van der Waals surface area contributed by atoms with Gasteiger partial charge < -0.3 is 14.5 Å². The van der Waals surface area contributed by atoms with Gasteiger partial charge in [-0.1, -0.05) is 19.9 Å². The topological polar surface area (TPSA) is 77.2 Å². The summed E-state index contributed by atoms with van der Waals surface area (Å²) >= 11 is 0. The van der Waals surface area contributed by atoms with Gasteiger partial charge in [-0.15, -0.1) is 10.2 Å². The van der Waals surface area contributed by atoms with E-state index in [0.717, 1.165) is 24.2 Å². The van der Waals surface area contributed by atoms with Gasteiger partial charge in [0.05, 0.1) is 7.11 Å². The molecule has 0 spiro atoms. The second-order valence-corrected chi connectivity index (χ2v) is 5.29. The molecule has 0 aliphatic carbocycles. The van der Waals surface area contributed by atoms with Gasteiger partial charge in [0.25, 0.3) is 0 Å². The van der Waals surface area contributed by atoms with Crippen LogP contribution in [0.2, 0.25) is 0 Å². The highest BCUT2D eigenvalue weighted by atomic mass is 16.5. The molecule has 6 heteroatoms. The van der Waals surface area contributed by atoms with E-state index in [4.69, 9.17) is 9.15 Å². The van der Waals surface area contributed by atoms with Crippen molar-refractivity contribution in [2.45, 2.75) is 33.1 Å². The van der Waals surface area contributed by atoms with Gasteiger partial charge in [0.15, 0.2) is 0 Å². The first-order chi connectivity index (χ1) is 11.2. The Morgan fingerprint density at radius 3 is 2.78 bits per heavy atom. The molecule has 1 aromatic heterocycles. The van der Waals surface area contributed by atoms with Gasteiger partial charge in [-0.25, -0.2) is 0 Å². The van der Waals surface area contributed by atoms with Gasteiger partial charge in [0, 0.05) is 24.4 Å². The molecule has 6 nitrogen and oxygen atoms in total.